The van der Waals surface area contributed by atoms with Crippen LogP contribution in [0.1, 0.15) is 0 Å². The van der Waals surface area contributed by atoms with Gasteiger partial charge in [-0.3, -0.25) is 10.5 Å². The van der Waals surface area contributed by atoms with E-state index in [4.69, 9.17) is 5.73 Å². The fourth-order valence-corrected chi connectivity index (χ4v) is 1.47. The lowest BCUT2D eigenvalue weighted by Gasteiger charge is -2.27. The Kier molecular flexibility index (Phi) is 1.62. The van der Waals surface area contributed by atoms with Crippen molar-refractivity contribution < 1.29 is 4.79 Å². The third-order valence-corrected chi connectivity index (χ3v) is 2.10. The Hall–Kier alpha value is -1.71. The van der Waals surface area contributed by atoms with E-state index >= 15 is 0 Å². The Labute approximate surface area is 76.3 Å². The van der Waals surface area contributed by atoms with Crippen LogP contribution in [0, 0.1) is 0 Å². The molecule has 1 aliphatic rings. The third-order valence-electron chi connectivity index (χ3n) is 2.10. The molecule has 67 valence electrons. The normalized spacial score (nSPS) is 15.2. The predicted octanol–water partition coefficient (Wildman–Crippen LogP) is 0.989. The van der Waals surface area contributed by atoms with Gasteiger partial charge in [0.25, 0.3) is 0 Å². The van der Waals surface area contributed by atoms with E-state index in [0.29, 0.717) is 17.9 Å². The van der Waals surface area contributed by atoms with Crippen molar-refractivity contribution in [3.8, 4) is 0 Å². The van der Waals surface area contributed by atoms with Crippen LogP contribution in [0.3, 0.4) is 0 Å². The van der Waals surface area contributed by atoms with Crippen LogP contribution in [0.2, 0.25) is 0 Å². The van der Waals surface area contributed by atoms with Crippen LogP contribution in [-0.2, 0) is 4.79 Å². The Morgan fingerprint density at radius 2 is 2.31 bits per heavy atom. The molecule has 0 atom stereocenters. The first-order valence-electron chi connectivity index (χ1n) is 4.04. The number of nitrogens with one attached hydrogen (secondary N) is 2. The van der Waals surface area contributed by atoms with Crippen molar-refractivity contribution in [2.75, 3.05) is 23.8 Å². The SMILES string of the molecule is CN1CC(=O)Nc2c([NH])cccc21. The van der Waals surface area contributed by atoms with Crippen molar-refractivity contribution in [2.45, 2.75) is 0 Å². The Bertz CT molecular complexity index is 362. The van der Waals surface area contributed by atoms with Crippen molar-refractivity contribution in [3.05, 3.63) is 18.2 Å². The molecule has 0 unspecified atom stereocenters. The van der Waals surface area contributed by atoms with Gasteiger partial charge in [0.2, 0.25) is 5.91 Å². The number of para-hydroxylation sites is 1. The van der Waals surface area contributed by atoms with Gasteiger partial charge in [-0.2, -0.15) is 0 Å². The second-order valence-corrected chi connectivity index (χ2v) is 3.10. The summed E-state index contributed by atoms with van der Waals surface area (Å²) >= 11 is 0. The molecule has 0 bridgehead atoms. The minimum absolute atomic E-state index is 0.0605. The molecule has 1 heterocycles. The van der Waals surface area contributed by atoms with Crippen molar-refractivity contribution in [2.24, 2.45) is 0 Å². The molecule has 1 aromatic carbocycles. The second-order valence-electron chi connectivity index (χ2n) is 3.10. The van der Waals surface area contributed by atoms with E-state index in [2.05, 4.69) is 5.32 Å². The van der Waals surface area contributed by atoms with E-state index < -0.39 is 0 Å². The van der Waals surface area contributed by atoms with E-state index in [1.807, 2.05) is 24.1 Å². The van der Waals surface area contributed by atoms with Gasteiger partial charge < -0.3 is 10.2 Å². The highest BCUT2D eigenvalue weighted by Gasteiger charge is 2.20. The molecule has 13 heavy (non-hydrogen) atoms. The molecule has 0 spiro atoms. The highest BCUT2D eigenvalue weighted by molar-refractivity contribution is 6.04. The first kappa shape index (κ1) is 7.91. The highest BCUT2D eigenvalue weighted by Crippen LogP contribution is 2.33. The standard InChI is InChI=1S/C9H10N3O/c1-12-5-8(13)11-9-6(10)3-2-4-7(9)12/h2-4,10H,5H2,1H3,(H,11,13). The van der Waals surface area contributed by atoms with Gasteiger partial charge in [0.1, 0.15) is 0 Å². The van der Waals surface area contributed by atoms with Crippen LogP contribution in [-0.4, -0.2) is 19.5 Å². The Morgan fingerprint density at radius 3 is 3.08 bits per heavy atom. The van der Waals surface area contributed by atoms with E-state index in [1.165, 1.54) is 0 Å². The number of hydrogen-bond acceptors (Lipinski definition) is 2. The third kappa shape index (κ3) is 1.20. The fraction of sp³-hybridized carbons (Fsp3) is 0.222. The molecule has 0 aliphatic carbocycles. The number of hydrogen-bond donors (Lipinski definition) is 1. The van der Waals surface area contributed by atoms with Crippen LogP contribution >= 0.6 is 0 Å². The lowest BCUT2D eigenvalue weighted by molar-refractivity contribution is -0.115. The molecule has 0 aromatic heterocycles. The smallest absolute Gasteiger partial charge is 0.243 e. The molecule has 1 aromatic rings. The monoisotopic (exact) mass is 176 g/mol. The zero-order valence-electron chi connectivity index (χ0n) is 7.29. The predicted molar refractivity (Wildman–Crippen MR) is 51.1 cm³/mol. The number of rotatable bonds is 0. The molecular weight excluding hydrogens is 166 g/mol. The first-order chi connectivity index (χ1) is 6.18. The van der Waals surface area contributed by atoms with Crippen molar-refractivity contribution >= 4 is 23.0 Å². The van der Waals surface area contributed by atoms with Gasteiger partial charge in [-0.05, 0) is 12.1 Å². The topological polar surface area (TPSA) is 56.1 Å². The maximum absolute atomic E-state index is 11.2. The van der Waals surface area contributed by atoms with E-state index in [9.17, 15) is 4.79 Å². The van der Waals surface area contributed by atoms with Gasteiger partial charge in [-0.25, -0.2) is 0 Å². The minimum atomic E-state index is -0.0605. The van der Waals surface area contributed by atoms with Crippen LogP contribution < -0.4 is 16.0 Å². The van der Waals surface area contributed by atoms with Gasteiger partial charge in [0, 0.05) is 7.05 Å². The van der Waals surface area contributed by atoms with Gasteiger partial charge in [0.15, 0.2) is 0 Å². The number of carbonyl (C=O) groups excluding carboxylic acids is 1. The molecule has 4 nitrogen and oxygen atoms in total. The molecule has 4 heteroatoms. The van der Waals surface area contributed by atoms with Crippen LogP contribution in [0.25, 0.3) is 0 Å². The summed E-state index contributed by atoms with van der Waals surface area (Å²) in [6.45, 7) is 0.358. The molecule has 2 rings (SSSR count). The number of nitrogens with zero attached hydrogens (tertiary/aromatic N) is 1. The van der Waals surface area contributed by atoms with Crippen molar-refractivity contribution in [1.82, 2.24) is 5.73 Å². The van der Waals surface area contributed by atoms with Crippen LogP contribution in [0.4, 0.5) is 17.1 Å². The van der Waals surface area contributed by atoms with E-state index in [-0.39, 0.29) is 5.91 Å². The average molecular weight is 176 g/mol. The summed E-state index contributed by atoms with van der Waals surface area (Å²) in [6.07, 6.45) is 0. The van der Waals surface area contributed by atoms with Crippen molar-refractivity contribution in [3.63, 3.8) is 0 Å². The summed E-state index contributed by atoms with van der Waals surface area (Å²) in [7, 11) is 1.84. The molecule has 2 N–H and O–H groups in total. The lowest BCUT2D eigenvalue weighted by Crippen LogP contribution is -2.35. The Morgan fingerprint density at radius 1 is 1.54 bits per heavy atom. The van der Waals surface area contributed by atoms with Gasteiger partial charge in [-0.15, -0.1) is 0 Å². The summed E-state index contributed by atoms with van der Waals surface area (Å²) in [4.78, 5) is 13.0. The van der Waals surface area contributed by atoms with E-state index in [1.54, 1.807) is 6.07 Å². The minimum Gasteiger partial charge on any atom is -0.364 e. The quantitative estimate of drug-likeness (QED) is 0.640. The van der Waals surface area contributed by atoms with Crippen LogP contribution in [0.5, 0.6) is 0 Å². The zero-order chi connectivity index (χ0) is 9.42. The molecular formula is C9H10N3O. The summed E-state index contributed by atoms with van der Waals surface area (Å²) in [5, 5.41) is 2.69. The molecule has 0 fully saturated rings. The maximum atomic E-state index is 11.2. The largest absolute Gasteiger partial charge is 0.364 e. The molecule has 1 amide bonds. The number of anilines is 2. The summed E-state index contributed by atoms with van der Waals surface area (Å²) in [6, 6.07) is 5.38. The van der Waals surface area contributed by atoms with Crippen molar-refractivity contribution in [1.29, 1.82) is 0 Å². The molecule has 0 saturated heterocycles. The highest BCUT2D eigenvalue weighted by atomic mass is 16.2. The number of carbonyl (C=O) groups is 1. The summed E-state index contributed by atoms with van der Waals surface area (Å²) < 4.78 is 0. The Balaban J connectivity index is 2.54. The van der Waals surface area contributed by atoms with Gasteiger partial charge in [0.05, 0.1) is 23.6 Å². The van der Waals surface area contributed by atoms with Crippen LogP contribution in [0.15, 0.2) is 18.2 Å². The second kappa shape index (κ2) is 2.65. The number of amides is 1. The number of benzene rings is 1. The summed E-state index contributed by atoms with van der Waals surface area (Å²) in [5.41, 5.74) is 9.47. The van der Waals surface area contributed by atoms with E-state index in [0.717, 1.165) is 5.69 Å². The first-order valence-corrected chi connectivity index (χ1v) is 4.04. The molecule has 1 radical (unpaired) electrons. The average Bonchev–Trinajstić information content (AvgIpc) is 2.07. The number of fused-ring (bicyclic) bond motifs is 1. The van der Waals surface area contributed by atoms with Gasteiger partial charge >= 0.3 is 0 Å². The zero-order valence-corrected chi connectivity index (χ0v) is 7.29. The summed E-state index contributed by atoms with van der Waals surface area (Å²) in [5.74, 6) is -0.0605. The molecule has 0 saturated carbocycles. The lowest BCUT2D eigenvalue weighted by atomic mass is 10.2. The number of likely N-dealkylation sites (N-methyl/N-ethyl adjacent to an activating group) is 1. The fourth-order valence-electron chi connectivity index (χ4n) is 1.47. The maximum Gasteiger partial charge on any atom is 0.243 e. The van der Waals surface area contributed by atoms with Gasteiger partial charge in [-0.1, -0.05) is 6.07 Å². The molecule has 1 aliphatic heterocycles.